The number of hydrogen-bond acceptors (Lipinski definition) is 4. The van der Waals surface area contributed by atoms with Crippen molar-refractivity contribution in [3.8, 4) is 0 Å². The summed E-state index contributed by atoms with van der Waals surface area (Å²) < 4.78 is 5.71. The molecule has 1 unspecified atom stereocenters. The van der Waals surface area contributed by atoms with Crippen LogP contribution in [0.15, 0.2) is 6.07 Å². The van der Waals surface area contributed by atoms with Crippen LogP contribution in [0, 0.1) is 6.92 Å². The molecular formula is C15H27N3O. The summed E-state index contributed by atoms with van der Waals surface area (Å²) >= 11 is 0. The van der Waals surface area contributed by atoms with Crippen molar-refractivity contribution in [1.29, 1.82) is 0 Å². The molecule has 108 valence electrons. The van der Waals surface area contributed by atoms with Crippen molar-refractivity contribution in [2.45, 2.75) is 65.0 Å². The minimum absolute atomic E-state index is 0.155. The molecule has 4 heteroatoms. The minimum Gasteiger partial charge on any atom is -0.370 e. The summed E-state index contributed by atoms with van der Waals surface area (Å²) in [5.41, 5.74) is 7.63. The van der Waals surface area contributed by atoms with Crippen LogP contribution in [0.5, 0.6) is 0 Å². The van der Waals surface area contributed by atoms with Gasteiger partial charge in [0.25, 0.3) is 0 Å². The molecule has 0 aliphatic rings. The van der Waals surface area contributed by atoms with Gasteiger partial charge in [0.1, 0.15) is 5.60 Å². The Morgan fingerprint density at radius 3 is 2.37 bits per heavy atom. The fraction of sp³-hybridized carbons (Fsp3) is 0.733. The fourth-order valence-electron chi connectivity index (χ4n) is 2.30. The second-order valence-corrected chi connectivity index (χ2v) is 5.10. The zero-order valence-corrected chi connectivity index (χ0v) is 12.9. The molecule has 0 spiro atoms. The third-order valence-corrected chi connectivity index (χ3v) is 3.84. The number of nitrogens with zero attached hydrogens (tertiary/aromatic N) is 2. The number of aromatic nitrogens is 2. The molecule has 0 bridgehead atoms. The molecule has 19 heavy (non-hydrogen) atoms. The number of hydrogen-bond donors (Lipinski definition) is 1. The largest absolute Gasteiger partial charge is 0.370 e. The summed E-state index contributed by atoms with van der Waals surface area (Å²) in [5, 5.41) is 0. The standard InChI is InChI=1S/C15H27N3O/c1-6-12(16)10-13-9-11(4)17-14(18-13)15(7-2,8-3)19-5/h9,12H,6-8,10,16H2,1-5H3. The topological polar surface area (TPSA) is 61.0 Å². The highest BCUT2D eigenvalue weighted by molar-refractivity contribution is 5.15. The second-order valence-electron chi connectivity index (χ2n) is 5.10. The first-order valence-corrected chi connectivity index (χ1v) is 7.17. The first kappa shape index (κ1) is 16.1. The summed E-state index contributed by atoms with van der Waals surface area (Å²) in [6, 6.07) is 2.17. The van der Waals surface area contributed by atoms with Crippen molar-refractivity contribution in [3.05, 3.63) is 23.3 Å². The summed E-state index contributed by atoms with van der Waals surface area (Å²) in [6.45, 7) is 8.31. The van der Waals surface area contributed by atoms with Gasteiger partial charge < -0.3 is 10.5 Å². The molecule has 1 rings (SSSR count). The Balaban J connectivity index is 3.14. The Morgan fingerprint density at radius 1 is 1.26 bits per heavy atom. The lowest BCUT2D eigenvalue weighted by atomic mass is 9.95. The number of rotatable bonds is 7. The van der Waals surface area contributed by atoms with Crippen LogP contribution >= 0.6 is 0 Å². The first-order chi connectivity index (χ1) is 9.01. The molecule has 0 saturated heterocycles. The predicted molar refractivity (Wildman–Crippen MR) is 78.0 cm³/mol. The van der Waals surface area contributed by atoms with Gasteiger partial charge in [-0.3, -0.25) is 0 Å². The Labute approximate surface area is 116 Å². The lowest BCUT2D eigenvalue weighted by Gasteiger charge is -2.29. The van der Waals surface area contributed by atoms with E-state index in [0.29, 0.717) is 0 Å². The molecule has 1 aromatic rings. The molecule has 0 aromatic carbocycles. The maximum absolute atomic E-state index is 6.02. The van der Waals surface area contributed by atoms with Gasteiger partial charge >= 0.3 is 0 Å². The highest BCUT2D eigenvalue weighted by Crippen LogP contribution is 2.30. The van der Waals surface area contributed by atoms with Gasteiger partial charge in [-0.1, -0.05) is 20.8 Å². The quantitative estimate of drug-likeness (QED) is 0.823. The fourth-order valence-corrected chi connectivity index (χ4v) is 2.30. The Bertz CT molecular complexity index is 394. The third-order valence-electron chi connectivity index (χ3n) is 3.84. The van der Waals surface area contributed by atoms with Gasteiger partial charge in [0.05, 0.1) is 0 Å². The zero-order valence-electron chi connectivity index (χ0n) is 12.9. The van der Waals surface area contributed by atoms with Crippen LogP contribution in [0.1, 0.15) is 57.2 Å². The molecule has 0 amide bonds. The van der Waals surface area contributed by atoms with E-state index in [-0.39, 0.29) is 11.6 Å². The monoisotopic (exact) mass is 265 g/mol. The number of ether oxygens (including phenoxy) is 1. The second kappa shape index (κ2) is 6.96. The SMILES string of the molecule is CCC(N)Cc1cc(C)nc(C(CC)(CC)OC)n1. The van der Waals surface area contributed by atoms with E-state index in [9.17, 15) is 0 Å². The molecule has 4 nitrogen and oxygen atoms in total. The molecular weight excluding hydrogens is 238 g/mol. The van der Waals surface area contributed by atoms with Crippen molar-refractivity contribution in [1.82, 2.24) is 9.97 Å². The number of aryl methyl sites for hydroxylation is 1. The van der Waals surface area contributed by atoms with E-state index in [0.717, 1.165) is 42.9 Å². The van der Waals surface area contributed by atoms with Crippen LogP contribution < -0.4 is 5.73 Å². The van der Waals surface area contributed by atoms with Crippen LogP contribution in [0.2, 0.25) is 0 Å². The van der Waals surface area contributed by atoms with Crippen LogP contribution in [-0.4, -0.2) is 23.1 Å². The Morgan fingerprint density at radius 2 is 1.89 bits per heavy atom. The van der Waals surface area contributed by atoms with Gasteiger partial charge in [-0.2, -0.15) is 0 Å². The van der Waals surface area contributed by atoms with Crippen LogP contribution in [-0.2, 0) is 16.8 Å². The minimum atomic E-state index is -0.378. The molecule has 0 fully saturated rings. The van der Waals surface area contributed by atoms with Crippen LogP contribution in [0.3, 0.4) is 0 Å². The van der Waals surface area contributed by atoms with Gasteiger partial charge in [0.15, 0.2) is 5.82 Å². The maximum Gasteiger partial charge on any atom is 0.160 e. The molecule has 0 aliphatic carbocycles. The summed E-state index contributed by atoms with van der Waals surface area (Å²) in [5.74, 6) is 0.790. The van der Waals surface area contributed by atoms with E-state index in [1.54, 1.807) is 7.11 Å². The summed E-state index contributed by atoms with van der Waals surface area (Å²) in [7, 11) is 1.73. The molecule has 0 saturated carbocycles. The van der Waals surface area contributed by atoms with Gasteiger partial charge in [-0.15, -0.1) is 0 Å². The summed E-state index contributed by atoms with van der Waals surface area (Å²) in [6.07, 6.45) is 3.47. The van der Waals surface area contributed by atoms with E-state index in [1.807, 2.05) is 13.0 Å². The van der Waals surface area contributed by atoms with E-state index < -0.39 is 0 Å². The molecule has 0 aliphatic heterocycles. The number of nitrogens with two attached hydrogens (primary N) is 1. The maximum atomic E-state index is 6.02. The highest BCUT2D eigenvalue weighted by Gasteiger charge is 2.31. The van der Waals surface area contributed by atoms with Crippen molar-refractivity contribution < 1.29 is 4.74 Å². The predicted octanol–water partition coefficient (Wildman–Crippen LogP) is 2.73. The van der Waals surface area contributed by atoms with Crippen LogP contribution in [0.25, 0.3) is 0 Å². The normalized spacial score (nSPS) is 13.6. The van der Waals surface area contributed by atoms with Crippen molar-refractivity contribution >= 4 is 0 Å². The van der Waals surface area contributed by atoms with Gasteiger partial charge in [0, 0.05) is 31.0 Å². The molecule has 1 atom stereocenters. The number of methoxy groups -OCH3 is 1. The Kier molecular flexibility index (Phi) is 5.88. The summed E-state index contributed by atoms with van der Waals surface area (Å²) in [4.78, 5) is 9.27. The van der Waals surface area contributed by atoms with Gasteiger partial charge in [-0.05, 0) is 32.3 Å². The van der Waals surface area contributed by atoms with Crippen molar-refractivity contribution in [2.24, 2.45) is 5.73 Å². The van der Waals surface area contributed by atoms with E-state index in [4.69, 9.17) is 15.5 Å². The molecule has 0 radical (unpaired) electrons. The van der Waals surface area contributed by atoms with E-state index in [1.165, 1.54) is 0 Å². The van der Waals surface area contributed by atoms with Crippen molar-refractivity contribution in [3.63, 3.8) is 0 Å². The average Bonchev–Trinajstić information content (AvgIpc) is 2.40. The van der Waals surface area contributed by atoms with E-state index >= 15 is 0 Å². The molecule has 2 N–H and O–H groups in total. The lowest BCUT2D eigenvalue weighted by Crippen LogP contribution is -2.31. The molecule has 1 aromatic heterocycles. The van der Waals surface area contributed by atoms with E-state index in [2.05, 4.69) is 25.8 Å². The Hall–Kier alpha value is -1.00. The zero-order chi connectivity index (χ0) is 14.5. The van der Waals surface area contributed by atoms with Crippen molar-refractivity contribution in [2.75, 3.05) is 7.11 Å². The third kappa shape index (κ3) is 3.74. The molecule has 1 heterocycles. The van der Waals surface area contributed by atoms with Crippen LogP contribution in [0.4, 0.5) is 0 Å². The highest BCUT2D eigenvalue weighted by atomic mass is 16.5. The lowest BCUT2D eigenvalue weighted by molar-refractivity contribution is -0.0294. The smallest absolute Gasteiger partial charge is 0.160 e. The van der Waals surface area contributed by atoms with Gasteiger partial charge in [0.2, 0.25) is 0 Å². The first-order valence-electron chi connectivity index (χ1n) is 7.17. The van der Waals surface area contributed by atoms with Gasteiger partial charge in [-0.25, -0.2) is 9.97 Å². The average molecular weight is 265 g/mol.